The fourth-order valence-electron chi connectivity index (χ4n) is 4.79. The lowest BCUT2D eigenvalue weighted by Crippen LogP contribution is -2.16. The van der Waals surface area contributed by atoms with Crippen LogP contribution in [-0.2, 0) is 25.9 Å². The summed E-state index contributed by atoms with van der Waals surface area (Å²) in [7, 11) is 0. The second-order valence-electron chi connectivity index (χ2n) is 9.46. The Hall–Kier alpha value is -3.57. The van der Waals surface area contributed by atoms with E-state index in [0.29, 0.717) is 40.5 Å². The molecule has 0 radical (unpaired) electrons. The first kappa shape index (κ1) is 24.7. The number of aromatic nitrogens is 5. The molecule has 0 saturated carbocycles. The zero-order valence-corrected chi connectivity index (χ0v) is 23.0. The average Bonchev–Trinajstić information content (AvgIpc) is 3.49. The Balaban J connectivity index is 1.30. The highest BCUT2D eigenvalue weighted by atomic mass is 32.1. The van der Waals surface area contributed by atoms with E-state index in [1.54, 1.807) is 17.4 Å². The van der Waals surface area contributed by atoms with Crippen molar-refractivity contribution in [1.82, 2.24) is 24.6 Å². The summed E-state index contributed by atoms with van der Waals surface area (Å²) in [6.45, 7) is 6.67. The molecule has 1 aromatic carbocycles. The number of hydrogen-bond donors (Lipinski definition) is 1. The predicted octanol–water partition coefficient (Wildman–Crippen LogP) is 4.78. The Morgan fingerprint density at radius 2 is 1.97 bits per heavy atom. The smallest absolute Gasteiger partial charge is 0.275 e. The van der Waals surface area contributed by atoms with Gasteiger partial charge in [-0.2, -0.15) is 9.61 Å². The third-order valence-corrected chi connectivity index (χ3v) is 8.90. The lowest BCUT2D eigenvalue weighted by molar-refractivity contribution is 0.266. The van der Waals surface area contributed by atoms with E-state index in [4.69, 9.17) is 14.5 Å². The van der Waals surface area contributed by atoms with E-state index in [-0.39, 0.29) is 17.7 Å². The molecule has 1 aliphatic carbocycles. The van der Waals surface area contributed by atoms with E-state index in [1.165, 1.54) is 26.8 Å². The summed E-state index contributed by atoms with van der Waals surface area (Å²) < 4.78 is 13.2. The maximum absolute atomic E-state index is 13.1. The van der Waals surface area contributed by atoms with E-state index in [0.717, 1.165) is 52.0 Å². The third-order valence-electron chi connectivity index (χ3n) is 6.70. The van der Waals surface area contributed by atoms with Gasteiger partial charge in [0.05, 0.1) is 17.7 Å². The van der Waals surface area contributed by atoms with Crippen LogP contribution in [0.2, 0.25) is 0 Å². The highest BCUT2D eigenvalue weighted by molar-refractivity contribution is 7.18. The number of rotatable bonds is 7. The minimum absolute atomic E-state index is 0.0996. The Morgan fingerprint density at radius 1 is 1.11 bits per heavy atom. The molecule has 5 aromatic rings. The predicted molar refractivity (Wildman–Crippen MR) is 149 cm³/mol. The molecule has 0 spiro atoms. The summed E-state index contributed by atoms with van der Waals surface area (Å²) in [5.41, 5.74) is 2.07. The van der Waals surface area contributed by atoms with Crippen LogP contribution in [0.25, 0.3) is 26.6 Å². The molecule has 4 heterocycles. The van der Waals surface area contributed by atoms with Crippen LogP contribution in [0.15, 0.2) is 33.9 Å². The molecule has 0 fully saturated rings. The van der Waals surface area contributed by atoms with Crippen LogP contribution in [0.4, 0.5) is 0 Å². The molecule has 1 aliphatic rings. The standard InChI is InChI=1S/C27H27N5O4S2/c1-4-21-31-32-22(33)12-16(28-27(32)38-21)13-36-18-9-7-15(11-19(18)35-5-2)24-29-25(34)23-17-8-6-14(3)10-20(17)37-26(23)30-24/h7,9,11-12,14H,4-6,8,10,13H2,1-3H3,(H,29,30,34). The number of aromatic amines is 1. The molecule has 1 unspecified atom stereocenters. The Morgan fingerprint density at radius 3 is 2.79 bits per heavy atom. The van der Waals surface area contributed by atoms with E-state index < -0.39 is 0 Å². The first-order chi connectivity index (χ1) is 18.4. The second kappa shape index (κ2) is 9.95. The van der Waals surface area contributed by atoms with Gasteiger partial charge in [-0.15, -0.1) is 11.3 Å². The maximum atomic E-state index is 13.1. The van der Waals surface area contributed by atoms with Gasteiger partial charge in [0, 0.05) is 16.5 Å². The van der Waals surface area contributed by atoms with E-state index in [9.17, 15) is 9.59 Å². The van der Waals surface area contributed by atoms with Gasteiger partial charge in [-0.05, 0) is 62.3 Å². The molecule has 1 atom stereocenters. The molecule has 0 bridgehead atoms. The van der Waals surface area contributed by atoms with Gasteiger partial charge in [-0.25, -0.2) is 9.97 Å². The van der Waals surface area contributed by atoms with Gasteiger partial charge in [-0.3, -0.25) is 9.59 Å². The van der Waals surface area contributed by atoms with Crippen molar-refractivity contribution in [3.05, 3.63) is 66.1 Å². The minimum Gasteiger partial charge on any atom is -0.490 e. The van der Waals surface area contributed by atoms with Gasteiger partial charge >= 0.3 is 0 Å². The first-order valence-corrected chi connectivity index (χ1v) is 14.4. The summed E-state index contributed by atoms with van der Waals surface area (Å²) >= 11 is 3.02. The van der Waals surface area contributed by atoms with Crippen LogP contribution in [0.1, 0.15) is 48.3 Å². The molecule has 0 amide bonds. The zero-order valence-electron chi connectivity index (χ0n) is 21.4. The van der Waals surface area contributed by atoms with Crippen molar-refractivity contribution in [2.24, 2.45) is 5.92 Å². The highest BCUT2D eigenvalue weighted by Crippen LogP contribution is 2.37. The van der Waals surface area contributed by atoms with E-state index in [2.05, 4.69) is 22.0 Å². The molecule has 11 heteroatoms. The molecule has 196 valence electrons. The van der Waals surface area contributed by atoms with Crippen molar-refractivity contribution in [2.75, 3.05) is 6.61 Å². The summed E-state index contributed by atoms with van der Waals surface area (Å²) in [6, 6.07) is 6.89. The van der Waals surface area contributed by atoms with Gasteiger partial charge in [0.15, 0.2) is 11.5 Å². The van der Waals surface area contributed by atoms with Crippen LogP contribution in [0.5, 0.6) is 11.5 Å². The number of fused-ring (bicyclic) bond motifs is 4. The summed E-state index contributed by atoms with van der Waals surface area (Å²) in [5, 5.41) is 5.87. The molecule has 0 saturated heterocycles. The van der Waals surface area contributed by atoms with Crippen molar-refractivity contribution in [1.29, 1.82) is 0 Å². The molecule has 4 aromatic heterocycles. The fraction of sp³-hybridized carbons (Fsp3) is 0.370. The number of aryl methyl sites for hydroxylation is 2. The van der Waals surface area contributed by atoms with Crippen molar-refractivity contribution >= 4 is 37.9 Å². The SMILES string of the molecule is CCOc1cc(-c2nc3sc4c(c3c(=O)[nH]2)CCC(C)C4)ccc1OCc1cc(=O)n2nc(CC)sc2n1. The molecule has 38 heavy (non-hydrogen) atoms. The summed E-state index contributed by atoms with van der Waals surface area (Å²) in [6.07, 6.45) is 3.77. The van der Waals surface area contributed by atoms with Gasteiger partial charge in [0.2, 0.25) is 4.96 Å². The van der Waals surface area contributed by atoms with Gasteiger partial charge in [0.25, 0.3) is 11.1 Å². The highest BCUT2D eigenvalue weighted by Gasteiger charge is 2.23. The third kappa shape index (κ3) is 4.49. The number of ether oxygens (including phenoxy) is 2. The number of nitrogens with one attached hydrogen (secondary N) is 1. The van der Waals surface area contributed by atoms with Crippen LogP contribution in [-0.4, -0.2) is 31.2 Å². The quantitative estimate of drug-likeness (QED) is 0.311. The van der Waals surface area contributed by atoms with Crippen molar-refractivity contribution < 1.29 is 9.47 Å². The van der Waals surface area contributed by atoms with Crippen LogP contribution < -0.4 is 20.6 Å². The molecule has 0 aliphatic heterocycles. The van der Waals surface area contributed by atoms with Crippen molar-refractivity contribution in [3.63, 3.8) is 0 Å². The lowest BCUT2D eigenvalue weighted by atomic mass is 9.89. The molecule has 9 nitrogen and oxygen atoms in total. The van der Waals surface area contributed by atoms with Crippen LogP contribution >= 0.6 is 22.7 Å². The minimum atomic E-state index is -0.236. The van der Waals surface area contributed by atoms with E-state index in [1.807, 2.05) is 26.0 Å². The maximum Gasteiger partial charge on any atom is 0.275 e. The fourth-order valence-corrected chi connectivity index (χ4v) is 7.03. The van der Waals surface area contributed by atoms with E-state index >= 15 is 0 Å². The first-order valence-electron chi connectivity index (χ1n) is 12.8. The topological polar surface area (TPSA) is 111 Å². The molecule has 1 N–H and O–H groups in total. The number of thiophene rings is 1. The largest absolute Gasteiger partial charge is 0.490 e. The zero-order chi connectivity index (χ0) is 26.4. The number of benzene rings is 1. The lowest BCUT2D eigenvalue weighted by Gasteiger charge is -2.17. The van der Waals surface area contributed by atoms with Crippen LogP contribution in [0.3, 0.4) is 0 Å². The average molecular weight is 550 g/mol. The monoisotopic (exact) mass is 549 g/mol. The van der Waals surface area contributed by atoms with Crippen molar-refractivity contribution in [3.8, 4) is 22.9 Å². The van der Waals surface area contributed by atoms with Gasteiger partial charge in [0.1, 0.15) is 22.3 Å². The summed E-state index contributed by atoms with van der Waals surface area (Å²) in [4.78, 5) is 40.5. The molecular formula is C27H27N5O4S2. The Kier molecular flexibility index (Phi) is 6.48. The Labute approximate surface area is 226 Å². The van der Waals surface area contributed by atoms with Crippen LogP contribution in [0, 0.1) is 5.92 Å². The molecule has 6 rings (SSSR count). The normalized spacial score (nSPS) is 15.2. The number of H-pyrrole nitrogens is 1. The van der Waals surface area contributed by atoms with Gasteiger partial charge in [-0.1, -0.05) is 25.2 Å². The van der Waals surface area contributed by atoms with Gasteiger partial charge < -0.3 is 14.5 Å². The Bertz CT molecular complexity index is 1780. The number of hydrogen-bond acceptors (Lipinski definition) is 9. The van der Waals surface area contributed by atoms with Crippen molar-refractivity contribution in [2.45, 2.75) is 53.1 Å². The second-order valence-corrected chi connectivity index (χ2v) is 11.6. The summed E-state index contributed by atoms with van der Waals surface area (Å²) in [5.74, 6) is 2.16. The number of nitrogens with zero attached hydrogens (tertiary/aromatic N) is 4. The molecular weight excluding hydrogens is 522 g/mol.